The molecular formula is C18H27NO3. The van der Waals surface area contributed by atoms with Crippen molar-refractivity contribution < 1.29 is 14.6 Å². The molecule has 1 aliphatic rings. The lowest BCUT2D eigenvalue weighted by Gasteiger charge is -2.26. The molecular weight excluding hydrogens is 278 g/mol. The SMILES string of the molecule is CC(=O)c1cccc(OCC(O)CN2CCCCCCC2)c1. The minimum atomic E-state index is -0.500. The Kier molecular flexibility index (Phi) is 6.87. The first-order valence-electron chi connectivity index (χ1n) is 8.29. The van der Waals surface area contributed by atoms with Crippen molar-refractivity contribution in [1.82, 2.24) is 4.90 Å². The van der Waals surface area contributed by atoms with E-state index in [2.05, 4.69) is 4.90 Å². The molecule has 1 aromatic rings. The predicted octanol–water partition coefficient (Wildman–Crippen LogP) is 2.90. The van der Waals surface area contributed by atoms with Crippen molar-refractivity contribution in [3.05, 3.63) is 29.8 Å². The third kappa shape index (κ3) is 5.78. The van der Waals surface area contributed by atoms with E-state index in [4.69, 9.17) is 4.74 Å². The van der Waals surface area contributed by atoms with Crippen LogP contribution in [0.5, 0.6) is 5.75 Å². The molecule has 1 atom stereocenters. The van der Waals surface area contributed by atoms with Gasteiger partial charge in [-0.1, -0.05) is 31.4 Å². The van der Waals surface area contributed by atoms with E-state index in [1.807, 2.05) is 6.07 Å². The van der Waals surface area contributed by atoms with Crippen molar-refractivity contribution in [2.45, 2.75) is 45.1 Å². The van der Waals surface area contributed by atoms with Crippen molar-refractivity contribution >= 4 is 5.78 Å². The molecule has 1 aliphatic heterocycles. The van der Waals surface area contributed by atoms with E-state index in [9.17, 15) is 9.90 Å². The van der Waals surface area contributed by atoms with E-state index in [0.717, 1.165) is 13.1 Å². The summed E-state index contributed by atoms with van der Waals surface area (Å²) in [5, 5.41) is 10.2. The minimum Gasteiger partial charge on any atom is -0.491 e. The number of carbonyl (C=O) groups excluding carboxylic acids is 1. The molecule has 0 radical (unpaired) electrons. The van der Waals surface area contributed by atoms with Crippen molar-refractivity contribution in [1.29, 1.82) is 0 Å². The molecule has 4 nitrogen and oxygen atoms in total. The summed E-state index contributed by atoms with van der Waals surface area (Å²) >= 11 is 0. The summed E-state index contributed by atoms with van der Waals surface area (Å²) in [6.07, 6.45) is 5.86. The van der Waals surface area contributed by atoms with Gasteiger partial charge in [0.15, 0.2) is 5.78 Å². The number of ether oxygens (including phenoxy) is 1. The van der Waals surface area contributed by atoms with Gasteiger partial charge in [0.05, 0.1) is 0 Å². The number of likely N-dealkylation sites (tertiary alicyclic amines) is 1. The summed E-state index contributed by atoms with van der Waals surface area (Å²) in [6, 6.07) is 7.11. The predicted molar refractivity (Wildman–Crippen MR) is 87.5 cm³/mol. The molecule has 1 unspecified atom stereocenters. The zero-order valence-electron chi connectivity index (χ0n) is 13.5. The molecule has 1 aromatic carbocycles. The van der Waals surface area contributed by atoms with Crippen LogP contribution in [-0.4, -0.2) is 48.1 Å². The molecule has 1 saturated heterocycles. The average Bonchev–Trinajstić information content (AvgIpc) is 2.48. The summed E-state index contributed by atoms with van der Waals surface area (Å²) in [4.78, 5) is 13.7. The van der Waals surface area contributed by atoms with Gasteiger partial charge < -0.3 is 14.7 Å². The summed E-state index contributed by atoms with van der Waals surface area (Å²) in [5.41, 5.74) is 0.635. The van der Waals surface area contributed by atoms with Crippen molar-refractivity contribution in [3.8, 4) is 5.75 Å². The molecule has 1 N–H and O–H groups in total. The second-order valence-electron chi connectivity index (χ2n) is 6.12. The molecule has 4 heteroatoms. The number of hydrogen-bond acceptors (Lipinski definition) is 4. The number of carbonyl (C=O) groups is 1. The fourth-order valence-corrected chi connectivity index (χ4v) is 2.84. The smallest absolute Gasteiger partial charge is 0.159 e. The van der Waals surface area contributed by atoms with E-state index < -0.39 is 6.10 Å². The quantitative estimate of drug-likeness (QED) is 0.821. The van der Waals surface area contributed by atoms with Crippen molar-refractivity contribution in [2.24, 2.45) is 0 Å². The third-order valence-electron chi connectivity index (χ3n) is 4.10. The normalized spacial score (nSPS) is 18.3. The van der Waals surface area contributed by atoms with Crippen molar-refractivity contribution in [2.75, 3.05) is 26.2 Å². The van der Waals surface area contributed by atoms with E-state index in [0.29, 0.717) is 17.9 Å². The Hall–Kier alpha value is -1.39. The number of rotatable bonds is 6. The van der Waals surface area contributed by atoms with E-state index in [1.165, 1.54) is 39.0 Å². The second-order valence-corrected chi connectivity index (χ2v) is 6.12. The fourth-order valence-electron chi connectivity index (χ4n) is 2.84. The topological polar surface area (TPSA) is 49.8 Å². The maximum Gasteiger partial charge on any atom is 0.159 e. The maximum absolute atomic E-state index is 11.3. The number of nitrogens with zero attached hydrogens (tertiary/aromatic N) is 1. The van der Waals surface area contributed by atoms with Gasteiger partial charge in [0.2, 0.25) is 0 Å². The number of ketones is 1. The zero-order valence-corrected chi connectivity index (χ0v) is 13.5. The van der Waals surface area contributed by atoms with E-state index in [-0.39, 0.29) is 12.4 Å². The average molecular weight is 305 g/mol. The lowest BCUT2D eigenvalue weighted by Crippen LogP contribution is -2.37. The van der Waals surface area contributed by atoms with Crippen LogP contribution in [0.4, 0.5) is 0 Å². The van der Waals surface area contributed by atoms with Gasteiger partial charge in [-0.2, -0.15) is 0 Å². The van der Waals surface area contributed by atoms with Gasteiger partial charge in [0.1, 0.15) is 18.5 Å². The molecule has 0 bridgehead atoms. The molecule has 1 fully saturated rings. The largest absolute Gasteiger partial charge is 0.491 e. The fraction of sp³-hybridized carbons (Fsp3) is 0.611. The minimum absolute atomic E-state index is 0.0200. The number of Topliss-reactive ketones (excluding diaryl/α,β-unsaturated/α-hetero) is 1. The van der Waals surface area contributed by atoms with Crippen LogP contribution in [0.2, 0.25) is 0 Å². The van der Waals surface area contributed by atoms with Crippen LogP contribution in [0.25, 0.3) is 0 Å². The highest BCUT2D eigenvalue weighted by Crippen LogP contribution is 2.15. The highest BCUT2D eigenvalue weighted by Gasteiger charge is 2.14. The third-order valence-corrected chi connectivity index (χ3v) is 4.10. The number of β-amino-alcohol motifs (C(OH)–C–C–N with tert-alkyl or cyclic N) is 1. The Morgan fingerprint density at radius 1 is 1.23 bits per heavy atom. The molecule has 0 aromatic heterocycles. The Bertz CT molecular complexity index is 467. The van der Waals surface area contributed by atoms with Crippen LogP contribution in [0.1, 0.15) is 49.4 Å². The van der Waals surface area contributed by atoms with Crippen LogP contribution in [0, 0.1) is 0 Å². The summed E-state index contributed by atoms with van der Waals surface area (Å²) in [7, 11) is 0. The van der Waals surface area contributed by atoms with Gasteiger partial charge in [-0.05, 0) is 45.0 Å². The van der Waals surface area contributed by atoms with Crippen LogP contribution in [0.3, 0.4) is 0 Å². The number of aliphatic hydroxyl groups is 1. The lowest BCUT2D eigenvalue weighted by atomic mass is 10.1. The van der Waals surface area contributed by atoms with Gasteiger partial charge in [-0.15, -0.1) is 0 Å². The molecule has 0 saturated carbocycles. The van der Waals surface area contributed by atoms with Crippen LogP contribution >= 0.6 is 0 Å². The van der Waals surface area contributed by atoms with Crippen LogP contribution in [0.15, 0.2) is 24.3 Å². The monoisotopic (exact) mass is 305 g/mol. The standard InChI is InChI=1S/C18H27NO3/c1-15(20)16-8-7-9-18(12-16)22-14-17(21)13-19-10-5-3-2-4-6-11-19/h7-9,12,17,21H,2-6,10-11,13-14H2,1H3. The highest BCUT2D eigenvalue weighted by molar-refractivity contribution is 5.94. The molecule has 1 heterocycles. The summed E-state index contributed by atoms with van der Waals surface area (Å²) in [5.74, 6) is 0.658. The molecule has 0 amide bonds. The van der Waals surface area contributed by atoms with Crippen molar-refractivity contribution in [3.63, 3.8) is 0 Å². The Labute approximate surface area is 133 Å². The number of hydrogen-bond donors (Lipinski definition) is 1. The Balaban J connectivity index is 1.78. The van der Waals surface area contributed by atoms with Gasteiger partial charge in [0.25, 0.3) is 0 Å². The Morgan fingerprint density at radius 2 is 1.91 bits per heavy atom. The summed E-state index contributed by atoms with van der Waals surface area (Å²) < 4.78 is 5.63. The summed E-state index contributed by atoms with van der Waals surface area (Å²) in [6.45, 7) is 4.59. The first kappa shape index (κ1) is 17.0. The van der Waals surface area contributed by atoms with Gasteiger partial charge in [-0.3, -0.25) is 4.79 Å². The van der Waals surface area contributed by atoms with Gasteiger partial charge in [0, 0.05) is 12.1 Å². The molecule has 0 aliphatic carbocycles. The van der Waals surface area contributed by atoms with Gasteiger partial charge >= 0.3 is 0 Å². The highest BCUT2D eigenvalue weighted by atomic mass is 16.5. The van der Waals surface area contributed by atoms with E-state index >= 15 is 0 Å². The second kappa shape index (κ2) is 8.91. The molecule has 0 spiro atoms. The lowest BCUT2D eigenvalue weighted by molar-refractivity contribution is 0.0654. The number of benzene rings is 1. The molecule has 22 heavy (non-hydrogen) atoms. The zero-order chi connectivity index (χ0) is 15.8. The van der Waals surface area contributed by atoms with Crippen LogP contribution < -0.4 is 4.74 Å². The first-order chi connectivity index (χ1) is 10.6. The molecule has 122 valence electrons. The number of aliphatic hydroxyl groups excluding tert-OH is 1. The maximum atomic E-state index is 11.3. The first-order valence-corrected chi connectivity index (χ1v) is 8.29. The van der Waals surface area contributed by atoms with Crippen LogP contribution in [-0.2, 0) is 0 Å². The van der Waals surface area contributed by atoms with Gasteiger partial charge in [-0.25, -0.2) is 0 Å². The van der Waals surface area contributed by atoms with E-state index in [1.54, 1.807) is 18.2 Å². The Morgan fingerprint density at radius 3 is 2.59 bits per heavy atom. The molecule has 2 rings (SSSR count).